The van der Waals surface area contributed by atoms with Crippen molar-refractivity contribution >= 4 is 28.3 Å². The maximum absolute atomic E-state index is 13.8. The Morgan fingerprint density at radius 1 is 1.13 bits per heavy atom. The molecule has 9 heteroatoms. The SMILES string of the molecule is CC(NC(=O)c1nc(-c2cccs2)n(-c2cccc(F)c2)n1)c1nc2ccccc2[nH]1. The van der Waals surface area contributed by atoms with Crippen molar-refractivity contribution in [3.63, 3.8) is 0 Å². The summed E-state index contributed by atoms with van der Waals surface area (Å²) in [5.74, 6) is 0.269. The van der Waals surface area contributed by atoms with Crippen LogP contribution in [-0.4, -0.2) is 30.6 Å². The van der Waals surface area contributed by atoms with E-state index in [4.69, 9.17) is 0 Å². The molecule has 5 rings (SSSR count). The highest BCUT2D eigenvalue weighted by Gasteiger charge is 2.22. The summed E-state index contributed by atoms with van der Waals surface area (Å²) in [6, 6.07) is 17.0. The maximum Gasteiger partial charge on any atom is 0.291 e. The molecular formula is C22H17FN6OS. The number of carbonyl (C=O) groups excluding carboxylic acids is 1. The monoisotopic (exact) mass is 432 g/mol. The van der Waals surface area contributed by atoms with E-state index in [9.17, 15) is 9.18 Å². The Bertz CT molecular complexity index is 1340. The number of imidazole rings is 1. The van der Waals surface area contributed by atoms with E-state index < -0.39 is 11.7 Å². The van der Waals surface area contributed by atoms with Crippen molar-refractivity contribution in [3.05, 3.63) is 83.5 Å². The number of nitrogens with zero attached hydrogens (tertiary/aromatic N) is 4. The molecule has 1 unspecified atom stereocenters. The molecule has 1 amide bonds. The first-order chi connectivity index (χ1) is 15.1. The Balaban J connectivity index is 1.46. The predicted molar refractivity (Wildman–Crippen MR) is 117 cm³/mol. The minimum atomic E-state index is -0.444. The number of para-hydroxylation sites is 2. The van der Waals surface area contributed by atoms with E-state index >= 15 is 0 Å². The summed E-state index contributed by atoms with van der Waals surface area (Å²) in [5.41, 5.74) is 2.21. The predicted octanol–water partition coefficient (Wildman–Crippen LogP) is 4.50. The van der Waals surface area contributed by atoms with Crippen molar-refractivity contribution in [3.8, 4) is 16.4 Å². The fraction of sp³-hybridized carbons (Fsp3) is 0.0909. The molecule has 0 radical (unpaired) electrons. The van der Waals surface area contributed by atoms with Crippen LogP contribution in [-0.2, 0) is 0 Å². The van der Waals surface area contributed by atoms with Crippen LogP contribution in [0.5, 0.6) is 0 Å². The molecule has 3 aromatic heterocycles. The Labute approximate surface area is 180 Å². The van der Waals surface area contributed by atoms with Gasteiger partial charge in [-0.1, -0.05) is 24.3 Å². The van der Waals surface area contributed by atoms with E-state index in [1.165, 1.54) is 28.2 Å². The summed E-state index contributed by atoms with van der Waals surface area (Å²) in [6.07, 6.45) is 0. The molecule has 0 saturated carbocycles. The van der Waals surface area contributed by atoms with Crippen molar-refractivity contribution in [1.82, 2.24) is 30.0 Å². The topological polar surface area (TPSA) is 88.5 Å². The van der Waals surface area contributed by atoms with Crippen LogP contribution in [0.2, 0.25) is 0 Å². The van der Waals surface area contributed by atoms with Crippen molar-refractivity contribution < 1.29 is 9.18 Å². The highest BCUT2D eigenvalue weighted by atomic mass is 32.1. The van der Waals surface area contributed by atoms with E-state index in [1.54, 1.807) is 12.1 Å². The third-order valence-corrected chi connectivity index (χ3v) is 5.64. The van der Waals surface area contributed by atoms with Crippen LogP contribution in [0.15, 0.2) is 66.0 Å². The number of benzene rings is 2. The molecule has 0 aliphatic rings. The quantitative estimate of drug-likeness (QED) is 0.428. The van der Waals surface area contributed by atoms with Crippen molar-refractivity contribution in [2.75, 3.05) is 0 Å². The molecule has 7 nitrogen and oxygen atoms in total. The number of rotatable bonds is 5. The second kappa shape index (κ2) is 7.77. The number of nitrogens with one attached hydrogen (secondary N) is 2. The van der Waals surface area contributed by atoms with Crippen LogP contribution in [0.1, 0.15) is 29.4 Å². The van der Waals surface area contributed by atoms with Crippen molar-refractivity contribution in [1.29, 1.82) is 0 Å². The molecule has 2 N–H and O–H groups in total. The number of amides is 1. The average molecular weight is 432 g/mol. The van der Waals surface area contributed by atoms with Crippen LogP contribution in [0.4, 0.5) is 4.39 Å². The molecule has 31 heavy (non-hydrogen) atoms. The van der Waals surface area contributed by atoms with Gasteiger partial charge in [0.25, 0.3) is 5.91 Å². The second-order valence-corrected chi connectivity index (χ2v) is 7.91. The van der Waals surface area contributed by atoms with E-state index in [1.807, 2.05) is 48.7 Å². The third kappa shape index (κ3) is 3.71. The number of thiophene rings is 1. The highest BCUT2D eigenvalue weighted by molar-refractivity contribution is 7.13. The van der Waals surface area contributed by atoms with Gasteiger partial charge in [0.15, 0.2) is 5.82 Å². The molecule has 0 aliphatic heterocycles. The number of H-pyrrole nitrogens is 1. The first-order valence-electron chi connectivity index (χ1n) is 9.61. The second-order valence-electron chi connectivity index (χ2n) is 6.96. The lowest BCUT2D eigenvalue weighted by Crippen LogP contribution is -2.28. The first-order valence-corrected chi connectivity index (χ1v) is 10.5. The molecule has 5 aromatic rings. The lowest BCUT2D eigenvalue weighted by Gasteiger charge is -2.09. The standard InChI is InChI=1S/C22H17FN6OS/c1-13(19-25-16-8-2-3-9-17(16)26-19)24-22(30)20-27-21(18-10-5-11-31-18)29(28-20)15-7-4-6-14(23)12-15/h2-13H,1H3,(H,24,30)(H,25,26). The van der Waals surface area contributed by atoms with Gasteiger partial charge >= 0.3 is 0 Å². The summed E-state index contributed by atoms with van der Waals surface area (Å²) in [5, 5.41) is 9.16. The fourth-order valence-corrected chi connectivity index (χ4v) is 3.97. The van der Waals surface area contributed by atoms with Crippen LogP contribution in [0.3, 0.4) is 0 Å². The summed E-state index contributed by atoms with van der Waals surface area (Å²) in [6.45, 7) is 1.83. The largest absolute Gasteiger partial charge is 0.340 e. The molecule has 0 bridgehead atoms. The first kappa shape index (κ1) is 19.1. The van der Waals surface area contributed by atoms with Crippen LogP contribution in [0, 0.1) is 5.82 Å². The molecule has 0 aliphatic carbocycles. The average Bonchev–Trinajstić information content (AvgIpc) is 3.52. The van der Waals surface area contributed by atoms with Gasteiger partial charge in [0.05, 0.1) is 27.6 Å². The normalized spacial score (nSPS) is 12.2. The zero-order valence-electron chi connectivity index (χ0n) is 16.4. The third-order valence-electron chi connectivity index (χ3n) is 4.77. The van der Waals surface area contributed by atoms with Gasteiger partial charge in [-0.3, -0.25) is 4.79 Å². The smallest absolute Gasteiger partial charge is 0.291 e. The Morgan fingerprint density at radius 3 is 2.77 bits per heavy atom. The molecule has 1 atom stereocenters. The van der Waals surface area contributed by atoms with Gasteiger partial charge in [0.2, 0.25) is 5.82 Å². The van der Waals surface area contributed by atoms with Crippen molar-refractivity contribution in [2.45, 2.75) is 13.0 Å². The lowest BCUT2D eigenvalue weighted by atomic mass is 10.3. The lowest BCUT2D eigenvalue weighted by molar-refractivity contribution is 0.0928. The number of aromatic nitrogens is 5. The van der Waals surface area contributed by atoms with Gasteiger partial charge in [0.1, 0.15) is 11.6 Å². The zero-order chi connectivity index (χ0) is 21.4. The van der Waals surface area contributed by atoms with E-state index in [0.29, 0.717) is 17.3 Å². The number of carbonyl (C=O) groups is 1. The number of hydrogen-bond acceptors (Lipinski definition) is 5. The fourth-order valence-electron chi connectivity index (χ4n) is 3.27. The number of halogens is 1. The Kier molecular flexibility index (Phi) is 4.79. The molecular weight excluding hydrogens is 415 g/mol. The Hall–Kier alpha value is -3.85. The van der Waals surface area contributed by atoms with Gasteiger partial charge in [-0.25, -0.2) is 19.0 Å². The van der Waals surface area contributed by atoms with Gasteiger partial charge in [-0.2, -0.15) is 0 Å². The highest BCUT2D eigenvalue weighted by Crippen LogP contribution is 2.26. The number of aromatic amines is 1. The molecule has 0 spiro atoms. The summed E-state index contributed by atoms with van der Waals surface area (Å²) >= 11 is 1.46. The van der Waals surface area contributed by atoms with Gasteiger partial charge < -0.3 is 10.3 Å². The van der Waals surface area contributed by atoms with Crippen LogP contribution < -0.4 is 5.32 Å². The van der Waals surface area contributed by atoms with Crippen LogP contribution >= 0.6 is 11.3 Å². The minimum Gasteiger partial charge on any atom is -0.340 e. The molecule has 2 aromatic carbocycles. The summed E-state index contributed by atoms with van der Waals surface area (Å²) in [7, 11) is 0. The molecule has 0 saturated heterocycles. The Morgan fingerprint density at radius 2 is 2.00 bits per heavy atom. The number of fused-ring (bicyclic) bond motifs is 1. The molecule has 154 valence electrons. The van der Waals surface area contributed by atoms with E-state index in [-0.39, 0.29) is 11.9 Å². The van der Waals surface area contributed by atoms with Crippen LogP contribution in [0.25, 0.3) is 27.4 Å². The summed E-state index contributed by atoms with van der Waals surface area (Å²) in [4.78, 5) is 25.9. The van der Waals surface area contributed by atoms with E-state index in [2.05, 4.69) is 25.4 Å². The van der Waals surface area contributed by atoms with Gasteiger partial charge in [0, 0.05) is 0 Å². The van der Waals surface area contributed by atoms with E-state index in [0.717, 1.165) is 15.9 Å². The van der Waals surface area contributed by atoms with Crippen molar-refractivity contribution in [2.24, 2.45) is 0 Å². The molecule has 3 heterocycles. The molecule has 0 fully saturated rings. The maximum atomic E-state index is 13.8. The van der Waals surface area contributed by atoms with Gasteiger partial charge in [-0.15, -0.1) is 16.4 Å². The number of hydrogen-bond donors (Lipinski definition) is 2. The summed E-state index contributed by atoms with van der Waals surface area (Å²) < 4.78 is 15.3. The minimum absolute atomic E-state index is 0.00405. The zero-order valence-corrected chi connectivity index (χ0v) is 17.2. The van der Waals surface area contributed by atoms with Gasteiger partial charge in [-0.05, 0) is 48.7 Å².